The van der Waals surface area contributed by atoms with Gasteiger partial charge in [-0.3, -0.25) is 13.9 Å². The van der Waals surface area contributed by atoms with Crippen LogP contribution in [-0.2, 0) is 26.2 Å². The van der Waals surface area contributed by atoms with Gasteiger partial charge in [0, 0.05) is 17.6 Å². The van der Waals surface area contributed by atoms with Gasteiger partial charge in [-0.05, 0) is 62.6 Å². The molecule has 0 fully saturated rings. The zero-order valence-corrected chi connectivity index (χ0v) is 21.3. The van der Waals surface area contributed by atoms with Gasteiger partial charge < -0.3 is 10.2 Å². The topological polar surface area (TPSA) is 86.8 Å². The fraction of sp³-hybridized carbons (Fsp3) is 0.417. The van der Waals surface area contributed by atoms with Gasteiger partial charge in [-0.1, -0.05) is 42.8 Å². The maximum absolute atomic E-state index is 13.4. The molecule has 180 valence electrons. The molecule has 0 aliphatic heterocycles. The Balaban J connectivity index is 2.37. The summed E-state index contributed by atoms with van der Waals surface area (Å²) in [5.74, 6) is -0.781. The Hall–Kier alpha value is -2.58. The van der Waals surface area contributed by atoms with Crippen molar-refractivity contribution in [2.75, 3.05) is 17.1 Å². The summed E-state index contributed by atoms with van der Waals surface area (Å²) in [5, 5.41) is 3.45. The second-order valence-corrected chi connectivity index (χ2v) is 10.6. The normalized spacial score (nSPS) is 13.2. The van der Waals surface area contributed by atoms with Crippen LogP contribution in [0.25, 0.3) is 0 Å². The summed E-state index contributed by atoms with van der Waals surface area (Å²) >= 11 is 5.98. The quantitative estimate of drug-likeness (QED) is 0.546. The molecular formula is C24H32ClN3O4S. The molecule has 0 saturated heterocycles. The van der Waals surface area contributed by atoms with Gasteiger partial charge in [0.2, 0.25) is 21.8 Å². The molecule has 2 atom stereocenters. The van der Waals surface area contributed by atoms with Crippen LogP contribution in [0.2, 0.25) is 5.02 Å². The largest absolute Gasteiger partial charge is 0.352 e. The molecule has 0 aromatic heterocycles. The van der Waals surface area contributed by atoms with Gasteiger partial charge in [0.05, 0.1) is 11.9 Å². The summed E-state index contributed by atoms with van der Waals surface area (Å²) in [4.78, 5) is 27.7. The maximum Gasteiger partial charge on any atom is 0.244 e. The number of sulfonamides is 1. The van der Waals surface area contributed by atoms with E-state index in [1.54, 1.807) is 49.4 Å². The van der Waals surface area contributed by atoms with E-state index >= 15 is 0 Å². The third kappa shape index (κ3) is 7.75. The Labute approximate surface area is 201 Å². The molecule has 7 nitrogen and oxygen atoms in total. The van der Waals surface area contributed by atoms with Crippen molar-refractivity contribution in [3.8, 4) is 0 Å². The molecule has 0 aliphatic carbocycles. The van der Waals surface area contributed by atoms with Crippen molar-refractivity contribution in [1.82, 2.24) is 10.2 Å². The highest BCUT2D eigenvalue weighted by molar-refractivity contribution is 7.92. The lowest BCUT2D eigenvalue weighted by atomic mass is 10.1. The number of nitrogens with one attached hydrogen (secondary N) is 1. The standard InChI is InChI=1S/C24H32ClN3O4S/c1-6-18(3)26-24(30)19(4)27(15-20-10-12-21(25)13-11-20)23(29)16-28(33(5,31)32)22-9-7-8-17(2)14-22/h7-14,18-19H,6,15-16H2,1-5H3,(H,26,30)/t18-,19+/m0/s1. The van der Waals surface area contributed by atoms with Crippen molar-refractivity contribution in [3.05, 3.63) is 64.7 Å². The molecule has 0 unspecified atom stereocenters. The van der Waals surface area contributed by atoms with Crippen molar-refractivity contribution in [2.24, 2.45) is 0 Å². The van der Waals surface area contributed by atoms with E-state index in [1.807, 2.05) is 26.8 Å². The van der Waals surface area contributed by atoms with E-state index in [-0.39, 0.29) is 18.5 Å². The molecule has 2 amide bonds. The van der Waals surface area contributed by atoms with E-state index in [4.69, 9.17) is 11.6 Å². The Morgan fingerprint density at radius 1 is 1.09 bits per heavy atom. The highest BCUT2D eigenvalue weighted by Crippen LogP contribution is 2.20. The van der Waals surface area contributed by atoms with Crippen LogP contribution >= 0.6 is 11.6 Å². The zero-order chi connectivity index (χ0) is 24.8. The molecule has 2 aromatic rings. The van der Waals surface area contributed by atoms with Gasteiger partial charge in [0.1, 0.15) is 12.6 Å². The first kappa shape index (κ1) is 26.7. The number of hydrogen-bond acceptors (Lipinski definition) is 4. The number of aryl methyl sites for hydroxylation is 1. The molecule has 0 bridgehead atoms. The molecule has 1 N–H and O–H groups in total. The highest BCUT2D eigenvalue weighted by Gasteiger charge is 2.30. The summed E-state index contributed by atoms with van der Waals surface area (Å²) in [6, 6.07) is 13.0. The third-order valence-corrected chi connectivity index (χ3v) is 6.80. The molecule has 2 rings (SSSR count). The summed E-state index contributed by atoms with van der Waals surface area (Å²) in [6.45, 7) is 7.05. The van der Waals surface area contributed by atoms with Crippen LogP contribution in [0.1, 0.15) is 38.3 Å². The lowest BCUT2D eigenvalue weighted by molar-refractivity contribution is -0.139. The maximum atomic E-state index is 13.4. The van der Waals surface area contributed by atoms with Gasteiger partial charge in [0.25, 0.3) is 0 Å². The average molecular weight is 494 g/mol. The van der Waals surface area contributed by atoms with E-state index in [9.17, 15) is 18.0 Å². The van der Waals surface area contributed by atoms with Crippen LogP contribution in [-0.4, -0.2) is 50.0 Å². The van der Waals surface area contributed by atoms with E-state index in [0.29, 0.717) is 10.7 Å². The molecule has 2 aromatic carbocycles. The minimum Gasteiger partial charge on any atom is -0.352 e. The number of amides is 2. The van der Waals surface area contributed by atoms with Crippen LogP contribution in [0.3, 0.4) is 0 Å². The van der Waals surface area contributed by atoms with Crippen molar-refractivity contribution >= 4 is 39.1 Å². The SMILES string of the molecule is CC[C@H](C)NC(=O)[C@@H](C)N(Cc1ccc(Cl)cc1)C(=O)CN(c1cccc(C)c1)S(C)(=O)=O. The number of rotatable bonds is 10. The average Bonchev–Trinajstić information content (AvgIpc) is 2.75. The Morgan fingerprint density at radius 3 is 2.27 bits per heavy atom. The Bertz CT molecular complexity index is 1070. The predicted molar refractivity (Wildman–Crippen MR) is 133 cm³/mol. The number of halogens is 1. The molecule has 33 heavy (non-hydrogen) atoms. The molecular weight excluding hydrogens is 462 g/mol. The molecule has 0 spiro atoms. The number of anilines is 1. The summed E-state index contributed by atoms with van der Waals surface area (Å²) in [6.07, 6.45) is 1.81. The number of carbonyl (C=O) groups is 2. The molecule has 0 saturated carbocycles. The fourth-order valence-corrected chi connectivity index (χ4v) is 4.20. The minimum atomic E-state index is -3.74. The monoisotopic (exact) mass is 493 g/mol. The van der Waals surface area contributed by atoms with Crippen molar-refractivity contribution in [2.45, 2.75) is 52.7 Å². The van der Waals surface area contributed by atoms with Gasteiger partial charge in [0.15, 0.2) is 0 Å². The zero-order valence-electron chi connectivity index (χ0n) is 19.7. The smallest absolute Gasteiger partial charge is 0.244 e. The van der Waals surface area contributed by atoms with Gasteiger partial charge in [-0.2, -0.15) is 0 Å². The molecule has 0 aliphatic rings. The second kappa shape index (κ2) is 11.5. The van der Waals surface area contributed by atoms with Gasteiger partial charge >= 0.3 is 0 Å². The van der Waals surface area contributed by atoms with Crippen LogP contribution in [0.15, 0.2) is 48.5 Å². The Morgan fingerprint density at radius 2 is 1.73 bits per heavy atom. The molecule has 9 heteroatoms. The first-order valence-electron chi connectivity index (χ1n) is 10.8. The minimum absolute atomic E-state index is 0.0488. The second-order valence-electron chi connectivity index (χ2n) is 8.25. The summed E-state index contributed by atoms with van der Waals surface area (Å²) in [7, 11) is -3.74. The number of hydrogen-bond donors (Lipinski definition) is 1. The molecule has 0 radical (unpaired) electrons. The van der Waals surface area contributed by atoms with Crippen LogP contribution in [0.5, 0.6) is 0 Å². The summed E-state index contributed by atoms with van der Waals surface area (Å²) in [5.41, 5.74) is 2.04. The summed E-state index contributed by atoms with van der Waals surface area (Å²) < 4.78 is 26.2. The fourth-order valence-electron chi connectivity index (χ4n) is 3.23. The van der Waals surface area contributed by atoms with Crippen molar-refractivity contribution < 1.29 is 18.0 Å². The van der Waals surface area contributed by atoms with Crippen molar-refractivity contribution in [3.63, 3.8) is 0 Å². The third-order valence-electron chi connectivity index (χ3n) is 5.40. The van der Waals surface area contributed by atoms with Gasteiger partial charge in [-0.25, -0.2) is 8.42 Å². The van der Waals surface area contributed by atoms with Crippen LogP contribution in [0, 0.1) is 6.92 Å². The van der Waals surface area contributed by atoms with Crippen LogP contribution in [0.4, 0.5) is 5.69 Å². The van der Waals surface area contributed by atoms with E-state index in [1.165, 1.54) is 4.90 Å². The van der Waals surface area contributed by atoms with E-state index < -0.39 is 28.5 Å². The first-order valence-corrected chi connectivity index (χ1v) is 13.0. The number of nitrogens with zero attached hydrogens (tertiary/aromatic N) is 2. The van der Waals surface area contributed by atoms with Crippen LogP contribution < -0.4 is 9.62 Å². The van der Waals surface area contributed by atoms with Crippen molar-refractivity contribution in [1.29, 1.82) is 0 Å². The van der Waals surface area contributed by atoms with E-state index in [2.05, 4.69) is 5.32 Å². The van der Waals surface area contributed by atoms with Gasteiger partial charge in [-0.15, -0.1) is 0 Å². The molecule has 0 heterocycles. The number of carbonyl (C=O) groups excluding carboxylic acids is 2. The predicted octanol–water partition coefficient (Wildman–Crippen LogP) is 3.75. The van der Waals surface area contributed by atoms with E-state index in [0.717, 1.165) is 28.1 Å². The highest BCUT2D eigenvalue weighted by atomic mass is 35.5. The first-order chi connectivity index (χ1) is 15.4. The lowest BCUT2D eigenvalue weighted by Gasteiger charge is -2.32. The number of benzene rings is 2. The lowest BCUT2D eigenvalue weighted by Crippen LogP contribution is -2.52. The Kier molecular flexibility index (Phi) is 9.31.